The van der Waals surface area contributed by atoms with Crippen LogP contribution in [0.4, 0.5) is 34.1 Å². The van der Waals surface area contributed by atoms with Crippen LogP contribution in [0.1, 0.15) is 18.9 Å². The number of hydrogen-bond donors (Lipinski definition) is 2. The van der Waals surface area contributed by atoms with Crippen LogP contribution in [-0.4, -0.2) is 41.9 Å². The van der Waals surface area contributed by atoms with Gasteiger partial charge in [0.15, 0.2) is 0 Å². The van der Waals surface area contributed by atoms with Crippen molar-refractivity contribution in [1.82, 2.24) is 0 Å². The molecule has 0 amide bonds. The fourth-order valence-electron chi connectivity index (χ4n) is 3.42. The van der Waals surface area contributed by atoms with Crippen molar-refractivity contribution in [2.24, 2.45) is 20.5 Å². The number of rotatable bonds is 12. The standard InChI is InChI=1S/C25H28N6O5/c1-3-12-30(13-14-32)21-8-4-19(5-9-21)27-29-24-15-18(17-33)23(16-25(24)36-2)28-26-20-6-10-22(11-7-20)31(34)35/h4-11,15-16,32-33H,3,12-14,17H2,1-2H3. The van der Waals surface area contributed by atoms with E-state index in [2.05, 4.69) is 32.3 Å². The van der Waals surface area contributed by atoms with E-state index >= 15 is 0 Å². The lowest BCUT2D eigenvalue weighted by Crippen LogP contribution is -2.27. The lowest BCUT2D eigenvalue weighted by Gasteiger charge is -2.23. The molecule has 0 radical (unpaired) electrons. The van der Waals surface area contributed by atoms with Gasteiger partial charge in [0.25, 0.3) is 5.69 Å². The Labute approximate surface area is 208 Å². The lowest BCUT2D eigenvalue weighted by molar-refractivity contribution is -0.384. The van der Waals surface area contributed by atoms with Gasteiger partial charge in [0, 0.05) is 42.5 Å². The lowest BCUT2D eigenvalue weighted by atomic mass is 10.1. The van der Waals surface area contributed by atoms with E-state index in [-0.39, 0.29) is 18.9 Å². The van der Waals surface area contributed by atoms with Crippen LogP contribution in [0.15, 0.2) is 81.1 Å². The Kier molecular flexibility index (Phi) is 9.55. The number of aliphatic hydroxyl groups is 2. The average Bonchev–Trinajstić information content (AvgIpc) is 2.91. The molecule has 0 atom stereocenters. The van der Waals surface area contributed by atoms with E-state index in [1.165, 1.54) is 31.4 Å². The molecule has 3 aromatic rings. The van der Waals surface area contributed by atoms with Crippen molar-refractivity contribution in [3.05, 3.63) is 76.3 Å². The summed E-state index contributed by atoms with van der Waals surface area (Å²) in [5, 5.41) is 46.8. The van der Waals surface area contributed by atoms with Crippen molar-refractivity contribution in [2.75, 3.05) is 31.7 Å². The minimum atomic E-state index is -0.490. The molecule has 11 nitrogen and oxygen atoms in total. The highest BCUT2D eigenvalue weighted by Gasteiger charge is 2.11. The first kappa shape index (κ1) is 26.4. The number of methoxy groups -OCH3 is 1. The number of hydrogen-bond acceptors (Lipinski definition) is 10. The zero-order valence-corrected chi connectivity index (χ0v) is 20.1. The van der Waals surface area contributed by atoms with Gasteiger partial charge in [0.2, 0.25) is 0 Å². The van der Waals surface area contributed by atoms with Crippen LogP contribution in [0, 0.1) is 10.1 Å². The summed E-state index contributed by atoms with van der Waals surface area (Å²) in [6, 6.07) is 16.4. The number of ether oxygens (including phenoxy) is 1. The van der Waals surface area contributed by atoms with E-state index in [1.807, 2.05) is 24.3 Å². The molecule has 0 aliphatic carbocycles. The Morgan fingerprint density at radius 2 is 1.50 bits per heavy atom. The molecule has 2 N–H and O–H groups in total. The van der Waals surface area contributed by atoms with Crippen molar-refractivity contribution in [3.63, 3.8) is 0 Å². The van der Waals surface area contributed by atoms with E-state index in [0.717, 1.165) is 18.7 Å². The highest BCUT2D eigenvalue weighted by atomic mass is 16.6. The number of benzene rings is 3. The van der Waals surface area contributed by atoms with Crippen molar-refractivity contribution in [3.8, 4) is 5.75 Å². The summed E-state index contributed by atoms with van der Waals surface area (Å²) >= 11 is 0. The van der Waals surface area contributed by atoms with Gasteiger partial charge in [0.1, 0.15) is 11.4 Å². The molecule has 0 aromatic heterocycles. The molecule has 188 valence electrons. The molecular formula is C25H28N6O5. The summed E-state index contributed by atoms with van der Waals surface area (Å²) < 4.78 is 5.43. The topological polar surface area (TPSA) is 146 Å². The first-order valence-electron chi connectivity index (χ1n) is 11.3. The zero-order chi connectivity index (χ0) is 25.9. The zero-order valence-electron chi connectivity index (χ0n) is 20.1. The Bertz CT molecular complexity index is 1210. The molecule has 0 unspecified atom stereocenters. The predicted molar refractivity (Wildman–Crippen MR) is 136 cm³/mol. The first-order valence-corrected chi connectivity index (χ1v) is 11.3. The molecule has 0 saturated heterocycles. The van der Waals surface area contributed by atoms with Crippen LogP contribution in [-0.2, 0) is 6.61 Å². The van der Waals surface area contributed by atoms with Crippen molar-refractivity contribution >= 4 is 34.1 Å². The molecule has 0 bridgehead atoms. The van der Waals surface area contributed by atoms with Crippen LogP contribution in [0.5, 0.6) is 5.75 Å². The van der Waals surface area contributed by atoms with Gasteiger partial charge in [-0.05, 0) is 48.9 Å². The number of nitrogens with zero attached hydrogens (tertiary/aromatic N) is 6. The van der Waals surface area contributed by atoms with Crippen LogP contribution in [0.25, 0.3) is 0 Å². The van der Waals surface area contributed by atoms with E-state index < -0.39 is 4.92 Å². The maximum atomic E-state index is 10.8. The molecule has 0 fully saturated rings. The molecule has 0 aliphatic rings. The van der Waals surface area contributed by atoms with Gasteiger partial charge < -0.3 is 19.8 Å². The molecule has 0 heterocycles. The maximum Gasteiger partial charge on any atom is 0.269 e. The third-order valence-electron chi connectivity index (χ3n) is 5.24. The number of nitro benzene ring substituents is 1. The van der Waals surface area contributed by atoms with Gasteiger partial charge in [-0.1, -0.05) is 6.92 Å². The van der Waals surface area contributed by atoms with E-state index in [9.17, 15) is 20.3 Å². The fraction of sp³-hybridized carbons (Fsp3) is 0.280. The van der Waals surface area contributed by atoms with Crippen LogP contribution >= 0.6 is 0 Å². The minimum absolute atomic E-state index is 0.0422. The second-order valence-corrected chi connectivity index (χ2v) is 7.71. The largest absolute Gasteiger partial charge is 0.494 e. The molecule has 3 aromatic carbocycles. The Morgan fingerprint density at radius 3 is 2.03 bits per heavy atom. The van der Waals surface area contributed by atoms with E-state index in [1.54, 1.807) is 12.1 Å². The second kappa shape index (κ2) is 13.0. The van der Waals surface area contributed by atoms with Crippen LogP contribution in [0.3, 0.4) is 0 Å². The van der Waals surface area contributed by atoms with Gasteiger partial charge in [-0.15, -0.1) is 5.11 Å². The molecule has 3 rings (SSSR count). The van der Waals surface area contributed by atoms with Gasteiger partial charge in [0.05, 0.1) is 42.3 Å². The molecule has 0 saturated carbocycles. The smallest absolute Gasteiger partial charge is 0.269 e. The monoisotopic (exact) mass is 492 g/mol. The highest BCUT2D eigenvalue weighted by molar-refractivity contribution is 5.63. The average molecular weight is 493 g/mol. The molecule has 0 aliphatic heterocycles. The molecule has 36 heavy (non-hydrogen) atoms. The number of non-ortho nitro benzene ring substituents is 1. The van der Waals surface area contributed by atoms with Crippen molar-refractivity contribution < 1.29 is 19.9 Å². The molecule has 11 heteroatoms. The number of aliphatic hydroxyl groups excluding tert-OH is 2. The van der Waals surface area contributed by atoms with Crippen molar-refractivity contribution in [1.29, 1.82) is 0 Å². The van der Waals surface area contributed by atoms with Crippen molar-refractivity contribution in [2.45, 2.75) is 20.0 Å². The maximum absolute atomic E-state index is 10.8. The minimum Gasteiger partial charge on any atom is -0.494 e. The van der Waals surface area contributed by atoms with Gasteiger partial charge >= 0.3 is 0 Å². The van der Waals surface area contributed by atoms with Gasteiger partial charge in [-0.25, -0.2) is 0 Å². The summed E-state index contributed by atoms with van der Waals surface area (Å²) in [5.41, 5.74) is 3.25. The predicted octanol–water partition coefficient (Wildman–Crippen LogP) is 6.14. The molecule has 0 spiro atoms. The quantitative estimate of drug-likeness (QED) is 0.176. The van der Waals surface area contributed by atoms with Crippen LogP contribution < -0.4 is 9.64 Å². The number of azo groups is 2. The summed E-state index contributed by atoms with van der Waals surface area (Å²) in [5.74, 6) is 0.391. The third kappa shape index (κ3) is 6.90. The van der Waals surface area contributed by atoms with Crippen LogP contribution in [0.2, 0.25) is 0 Å². The van der Waals surface area contributed by atoms with E-state index in [0.29, 0.717) is 40.6 Å². The van der Waals surface area contributed by atoms with Gasteiger partial charge in [-0.3, -0.25) is 10.1 Å². The third-order valence-corrected chi connectivity index (χ3v) is 5.24. The Hall–Kier alpha value is -4.22. The summed E-state index contributed by atoms with van der Waals surface area (Å²) in [7, 11) is 1.49. The Balaban J connectivity index is 1.81. The Morgan fingerprint density at radius 1 is 0.889 bits per heavy atom. The van der Waals surface area contributed by atoms with Gasteiger partial charge in [-0.2, -0.15) is 15.3 Å². The fourth-order valence-corrected chi connectivity index (χ4v) is 3.42. The summed E-state index contributed by atoms with van der Waals surface area (Å²) in [6.45, 7) is 3.26. The second-order valence-electron chi connectivity index (χ2n) is 7.71. The summed E-state index contributed by atoms with van der Waals surface area (Å²) in [4.78, 5) is 12.4. The summed E-state index contributed by atoms with van der Waals surface area (Å²) in [6.07, 6.45) is 0.970. The SMILES string of the molecule is CCCN(CCO)c1ccc(N=Nc2cc(CO)c(N=Nc3ccc([N+](=O)[O-])cc3)cc2OC)cc1. The first-order chi connectivity index (χ1) is 17.5. The highest BCUT2D eigenvalue weighted by Crippen LogP contribution is 2.37. The normalized spacial score (nSPS) is 11.3. The number of anilines is 1. The number of nitro groups is 1. The van der Waals surface area contributed by atoms with E-state index in [4.69, 9.17) is 4.74 Å². The molecular weight excluding hydrogens is 464 g/mol.